The minimum absolute atomic E-state index is 0.200. The Morgan fingerprint density at radius 1 is 1.29 bits per heavy atom. The molecule has 1 N–H and O–H groups in total. The highest BCUT2D eigenvalue weighted by atomic mass is 19.1. The molecule has 92 valence electrons. The first-order valence-corrected chi connectivity index (χ1v) is 5.97. The average molecular weight is 235 g/mol. The minimum atomic E-state index is -0.417. The lowest BCUT2D eigenvalue weighted by Gasteiger charge is -2.15. The van der Waals surface area contributed by atoms with E-state index in [0.717, 1.165) is 11.2 Å². The quantitative estimate of drug-likeness (QED) is 0.867. The van der Waals surface area contributed by atoms with Crippen LogP contribution in [0.25, 0.3) is 10.9 Å². The van der Waals surface area contributed by atoms with Crippen LogP contribution in [0, 0.1) is 5.82 Å². The average Bonchev–Trinajstić information content (AvgIpc) is 2.56. The van der Waals surface area contributed by atoms with Crippen LogP contribution in [0.1, 0.15) is 32.5 Å². The molecule has 0 aliphatic heterocycles. The summed E-state index contributed by atoms with van der Waals surface area (Å²) in [4.78, 5) is 0. The lowest BCUT2D eigenvalue weighted by atomic mass is 10.2. The Morgan fingerprint density at radius 3 is 2.59 bits per heavy atom. The van der Waals surface area contributed by atoms with E-state index in [2.05, 4.69) is 18.4 Å². The minimum Gasteiger partial charge on any atom is -0.393 e. The summed E-state index contributed by atoms with van der Waals surface area (Å²) in [6, 6.07) is 7.21. The summed E-state index contributed by atoms with van der Waals surface area (Å²) in [6.45, 7) is 5.88. The normalized spacial score (nSPS) is 13.5. The molecule has 0 aliphatic rings. The maximum atomic E-state index is 13.7. The number of hydrogen-bond donors (Lipinski definition) is 1. The zero-order valence-corrected chi connectivity index (χ0v) is 10.4. The second-order valence-corrected chi connectivity index (χ2v) is 4.83. The van der Waals surface area contributed by atoms with Gasteiger partial charge in [0.2, 0.25) is 0 Å². The molecule has 0 saturated carbocycles. The fourth-order valence-corrected chi connectivity index (χ4v) is 2.34. The number of aliphatic hydroxyl groups is 1. The molecule has 0 radical (unpaired) electrons. The van der Waals surface area contributed by atoms with E-state index in [0.29, 0.717) is 11.8 Å². The van der Waals surface area contributed by atoms with Gasteiger partial charge in [0, 0.05) is 23.5 Å². The van der Waals surface area contributed by atoms with Crippen molar-refractivity contribution in [2.75, 3.05) is 0 Å². The molecule has 0 spiro atoms. The van der Waals surface area contributed by atoms with Crippen LogP contribution in [-0.2, 0) is 6.42 Å². The first-order chi connectivity index (χ1) is 8.00. The molecule has 1 heterocycles. The monoisotopic (exact) mass is 235 g/mol. The molecular formula is C14H18FNO. The number of fused-ring (bicyclic) bond motifs is 1. The molecule has 1 unspecified atom stereocenters. The van der Waals surface area contributed by atoms with Crippen molar-refractivity contribution in [1.29, 1.82) is 0 Å². The lowest BCUT2D eigenvalue weighted by molar-refractivity contribution is 0.192. The van der Waals surface area contributed by atoms with Gasteiger partial charge < -0.3 is 9.67 Å². The van der Waals surface area contributed by atoms with Crippen LogP contribution >= 0.6 is 0 Å². The molecule has 0 saturated heterocycles. The fraction of sp³-hybridized carbons (Fsp3) is 0.429. The third-order valence-corrected chi connectivity index (χ3v) is 2.93. The number of aliphatic hydroxyl groups excluding tert-OH is 1. The summed E-state index contributed by atoms with van der Waals surface area (Å²) >= 11 is 0. The van der Waals surface area contributed by atoms with Crippen LogP contribution in [-0.4, -0.2) is 15.8 Å². The summed E-state index contributed by atoms with van der Waals surface area (Å²) in [5.74, 6) is -0.200. The van der Waals surface area contributed by atoms with Gasteiger partial charge in [0.1, 0.15) is 5.82 Å². The van der Waals surface area contributed by atoms with Crippen LogP contribution < -0.4 is 0 Å². The number of halogens is 1. The zero-order chi connectivity index (χ0) is 12.6. The number of benzene rings is 1. The van der Waals surface area contributed by atoms with Crippen LogP contribution in [0.5, 0.6) is 0 Å². The van der Waals surface area contributed by atoms with Gasteiger partial charge in [-0.15, -0.1) is 0 Å². The molecule has 2 aromatic rings. The summed E-state index contributed by atoms with van der Waals surface area (Å²) < 4.78 is 15.8. The molecule has 2 nitrogen and oxygen atoms in total. The Labute approximate surface area is 101 Å². The maximum absolute atomic E-state index is 13.7. The molecule has 1 atom stereocenters. The number of rotatable bonds is 3. The Balaban J connectivity index is 2.66. The van der Waals surface area contributed by atoms with Gasteiger partial charge >= 0.3 is 0 Å². The van der Waals surface area contributed by atoms with Crippen molar-refractivity contribution < 1.29 is 9.50 Å². The standard InChI is InChI=1S/C14H18FNO/c1-9(2)16-11(7-10(3)17)8-12-13(15)5-4-6-14(12)16/h4-6,8-10,17H,7H2,1-3H3. The van der Waals surface area contributed by atoms with E-state index in [1.165, 1.54) is 6.07 Å². The molecule has 17 heavy (non-hydrogen) atoms. The van der Waals surface area contributed by atoms with Crippen molar-refractivity contribution in [3.8, 4) is 0 Å². The van der Waals surface area contributed by atoms with Crippen molar-refractivity contribution in [1.82, 2.24) is 4.57 Å². The van der Waals surface area contributed by atoms with Crippen molar-refractivity contribution in [2.24, 2.45) is 0 Å². The summed E-state index contributed by atoms with van der Waals surface area (Å²) in [6.07, 6.45) is 0.131. The fourth-order valence-electron chi connectivity index (χ4n) is 2.34. The van der Waals surface area contributed by atoms with Gasteiger partial charge in [-0.2, -0.15) is 0 Å². The van der Waals surface area contributed by atoms with E-state index in [1.54, 1.807) is 13.0 Å². The number of nitrogens with zero attached hydrogens (tertiary/aromatic N) is 1. The Morgan fingerprint density at radius 2 is 2.00 bits per heavy atom. The van der Waals surface area contributed by atoms with Gasteiger partial charge in [-0.1, -0.05) is 6.07 Å². The van der Waals surface area contributed by atoms with Crippen LogP contribution in [0.15, 0.2) is 24.3 Å². The van der Waals surface area contributed by atoms with Gasteiger partial charge in [0.25, 0.3) is 0 Å². The molecule has 1 aromatic heterocycles. The third-order valence-electron chi connectivity index (χ3n) is 2.93. The van der Waals surface area contributed by atoms with Crippen molar-refractivity contribution in [3.63, 3.8) is 0 Å². The molecule has 0 amide bonds. The van der Waals surface area contributed by atoms with Gasteiger partial charge in [0.15, 0.2) is 0 Å². The molecular weight excluding hydrogens is 217 g/mol. The van der Waals surface area contributed by atoms with E-state index in [-0.39, 0.29) is 11.9 Å². The topological polar surface area (TPSA) is 25.2 Å². The first kappa shape index (κ1) is 12.1. The Kier molecular flexibility index (Phi) is 3.20. The van der Waals surface area contributed by atoms with Gasteiger partial charge in [0.05, 0.1) is 11.6 Å². The molecule has 0 fully saturated rings. The summed E-state index contributed by atoms with van der Waals surface area (Å²) in [7, 11) is 0. The summed E-state index contributed by atoms with van der Waals surface area (Å²) in [5.41, 5.74) is 1.88. The predicted octanol–water partition coefficient (Wildman–Crippen LogP) is 3.28. The second kappa shape index (κ2) is 4.49. The van der Waals surface area contributed by atoms with E-state index in [9.17, 15) is 9.50 Å². The van der Waals surface area contributed by atoms with E-state index >= 15 is 0 Å². The van der Waals surface area contributed by atoms with E-state index in [4.69, 9.17) is 0 Å². The third kappa shape index (κ3) is 2.20. The van der Waals surface area contributed by atoms with E-state index in [1.807, 2.05) is 12.1 Å². The second-order valence-electron chi connectivity index (χ2n) is 4.83. The van der Waals surface area contributed by atoms with Gasteiger partial charge in [-0.3, -0.25) is 0 Å². The highest BCUT2D eigenvalue weighted by molar-refractivity contribution is 5.82. The smallest absolute Gasteiger partial charge is 0.132 e. The lowest BCUT2D eigenvalue weighted by Crippen LogP contribution is -2.11. The SMILES string of the molecule is CC(O)Cc1cc2c(F)cccc2n1C(C)C. The number of aromatic nitrogens is 1. The molecule has 0 aliphatic carbocycles. The highest BCUT2D eigenvalue weighted by Gasteiger charge is 2.14. The van der Waals surface area contributed by atoms with Crippen molar-refractivity contribution in [3.05, 3.63) is 35.8 Å². The van der Waals surface area contributed by atoms with Crippen LogP contribution in [0.3, 0.4) is 0 Å². The molecule has 3 heteroatoms. The maximum Gasteiger partial charge on any atom is 0.132 e. The molecule has 0 bridgehead atoms. The summed E-state index contributed by atoms with van der Waals surface area (Å²) in [5, 5.41) is 10.1. The Hall–Kier alpha value is -1.35. The first-order valence-electron chi connectivity index (χ1n) is 5.97. The zero-order valence-electron chi connectivity index (χ0n) is 10.4. The van der Waals surface area contributed by atoms with Gasteiger partial charge in [-0.25, -0.2) is 4.39 Å². The largest absolute Gasteiger partial charge is 0.393 e. The molecule has 1 aromatic carbocycles. The Bertz CT molecular complexity index is 528. The molecule has 2 rings (SSSR count). The van der Waals surface area contributed by atoms with E-state index < -0.39 is 6.10 Å². The van der Waals surface area contributed by atoms with Crippen molar-refractivity contribution >= 4 is 10.9 Å². The number of hydrogen-bond acceptors (Lipinski definition) is 1. The van der Waals surface area contributed by atoms with Gasteiger partial charge in [-0.05, 0) is 39.0 Å². The predicted molar refractivity (Wildman–Crippen MR) is 67.7 cm³/mol. The van der Waals surface area contributed by atoms with Crippen molar-refractivity contribution in [2.45, 2.75) is 39.3 Å². The van der Waals surface area contributed by atoms with Crippen LogP contribution in [0.2, 0.25) is 0 Å². The van der Waals surface area contributed by atoms with Crippen LogP contribution in [0.4, 0.5) is 4.39 Å². The highest BCUT2D eigenvalue weighted by Crippen LogP contribution is 2.26.